The van der Waals surface area contributed by atoms with Crippen LogP contribution in [0.1, 0.15) is 41.9 Å². The average Bonchev–Trinajstić information content (AvgIpc) is 3.29. The summed E-state index contributed by atoms with van der Waals surface area (Å²) in [5.41, 5.74) is 6.49. The molecule has 0 spiro atoms. The number of fused-ring (bicyclic) bond motifs is 1. The number of ether oxygens (including phenoxy) is 1. The lowest BCUT2D eigenvalue weighted by molar-refractivity contribution is -0.146. The Kier molecular flexibility index (Phi) is 7.09. The molecule has 1 aliphatic carbocycles. The third-order valence-corrected chi connectivity index (χ3v) is 7.07. The minimum absolute atomic E-state index is 0.0326. The first-order valence-corrected chi connectivity index (χ1v) is 12.4. The molecule has 3 amide bonds. The first-order valence-electron chi connectivity index (χ1n) is 12.0. The number of aliphatic hydroxyl groups is 1. The van der Waals surface area contributed by atoms with Crippen molar-refractivity contribution in [1.82, 2.24) is 14.9 Å². The van der Waals surface area contributed by atoms with Gasteiger partial charge in [0.1, 0.15) is 23.6 Å². The van der Waals surface area contributed by atoms with Crippen LogP contribution < -0.4 is 10.6 Å². The van der Waals surface area contributed by atoms with Crippen LogP contribution in [0.4, 0.5) is 11.5 Å². The standard InChI is InChI=1S/C25H26ClN5O6/c26-15-3-8-19(28-11-15)31(22-21-18(37-23(22)24(27)34)7-4-16(12-32)29-21)25(35)14-1-5-17(6-2-14)30-9-10-36-13-20(30)33/h3-4,7-8,11,14,17,32H,1-2,5-6,9-10,12-13H2,(H2,27,34). The van der Waals surface area contributed by atoms with Gasteiger partial charge in [0, 0.05) is 24.7 Å². The highest BCUT2D eigenvalue weighted by Crippen LogP contribution is 2.40. The number of anilines is 2. The van der Waals surface area contributed by atoms with Crippen molar-refractivity contribution in [3.05, 3.63) is 46.9 Å². The van der Waals surface area contributed by atoms with Crippen LogP contribution in [-0.4, -0.2) is 63.5 Å². The number of carbonyl (C=O) groups excluding carboxylic acids is 3. The Morgan fingerprint density at radius 3 is 2.62 bits per heavy atom. The van der Waals surface area contributed by atoms with Crippen molar-refractivity contribution >= 4 is 51.9 Å². The van der Waals surface area contributed by atoms with Crippen molar-refractivity contribution in [3.63, 3.8) is 0 Å². The van der Waals surface area contributed by atoms with Crippen LogP contribution in [-0.2, 0) is 20.9 Å². The van der Waals surface area contributed by atoms with E-state index in [4.69, 9.17) is 26.5 Å². The molecule has 0 atom stereocenters. The van der Waals surface area contributed by atoms with Gasteiger partial charge in [-0.1, -0.05) is 11.6 Å². The maximum absolute atomic E-state index is 14.1. The van der Waals surface area contributed by atoms with Crippen LogP contribution in [0, 0.1) is 5.92 Å². The second kappa shape index (κ2) is 10.4. The molecule has 0 radical (unpaired) electrons. The predicted octanol–water partition coefficient (Wildman–Crippen LogP) is 2.55. The van der Waals surface area contributed by atoms with E-state index in [-0.39, 0.29) is 59.4 Å². The monoisotopic (exact) mass is 527 g/mol. The van der Waals surface area contributed by atoms with Crippen LogP contribution in [0.3, 0.4) is 0 Å². The number of primary amides is 1. The SMILES string of the molecule is NC(=O)c1oc2ccc(CO)nc2c1N(C(=O)C1CCC(N2CCOCC2=O)CC1)c1ccc(Cl)cn1. The lowest BCUT2D eigenvalue weighted by Gasteiger charge is -2.39. The third kappa shape index (κ3) is 4.89. The molecule has 0 aromatic carbocycles. The normalized spacial score (nSPS) is 20.3. The summed E-state index contributed by atoms with van der Waals surface area (Å²) in [6.45, 7) is 0.794. The van der Waals surface area contributed by atoms with Crippen LogP contribution >= 0.6 is 11.6 Å². The first-order chi connectivity index (χ1) is 17.9. The van der Waals surface area contributed by atoms with Crippen LogP contribution in [0.15, 0.2) is 34.9 Å². The summed E-state index contributed by atoms with van der Waals surface area (Å²) in [6.07, 6.45) is 3.79. The Hall–Kier alpha value is -3.54. The number of halogens is 1. The van der Waals surface area contributed by atoms with E-state index in [0.717, 1.165) is 0 Å². The van der Waals surface area contributed by atoms with Crippen molar-refractivity contribution in [2.75, 3.05) is 24.7 Å². The molecule has 12 heteroatoms. The van der Waals surface area contributed by atoms with E-state index in [0.29, 0.717) is 49.6 Å². The smallest absolute Gasteiger partial charge is 0.286 e. The lowest BCUT2D eigenvalue weighted by Crippen LogP contribution is -2.49. The van der Waals surface area contributed by atoms with E-state index in [2.05, 4.69) is 9.97 Å². The average molecular weight is 528 g/mol. The summed E-state index contributed by atoms with van der Waals surface area (Å²) in [5, 5.41) is 10.0. The Morgan fingerprint density at radius 2 is 1.97 bits per heavy atom. The van der Waals surface area contributed by atoms with Gasteiger partial charge in [-0.25, -0.2) is 9.97 Å². The number of hydrogen-bond donors (Lipinski definition) is 2. The summed E-state index contributed by atoms with van der Waals surface area (Å²) >= 11 is 6.05. The number of aliphatic hydroxyl groups excluding tert-OH is 1. The van der Waals surface area contributed by atoms with E-state index in [1.165, 1.54) is 11.1 Å². The zero-order chi connectivity index (χ0) is 26.1. The van der Waals surface area contributed by atoms with Gasteiger partial charge in [0.15, 0.2) is 5.58 Å². The van der Waals surface area contributed by atoms with Crippen molar-refractivity contribution in [2.24, 2.45) is 11.7 Å². The molecule has 0 unspecified atom stereocenters. The molecule has 3 aromatic rings. The summed E-state index contributed by atoms with van der Waals surface area (Å²) in [6, 6.07) is 6.32. The zero-order valence-electron chi connectivity index (χ0n) is 19.9. The summed E-state index contributed by atoms with van der Waals surface area (Å²) < 4.78 is 10.9. The molecule has 0 bridgehead atoms. The molecule has 3 aromatic heterocycles. The summed E-state index contributed by atoms with van der Waals surface area (Å²) in [4.78, 5) is 50.7. The van der Waals surface area contributed by atoms with E-state index in [1.54, 1.807) is 24.3 Å². The second-order valence-electron chi connectivity index (χ2n) is 9.10. The van der Waals surface area contributed by atoms with Crippen molar-refractivity contribution < 1.29 is 28.6 Å². The number of hydrogen-bond acceptors (Lipinski definition) is 8. The van der Waals surface area contributed by atoms with E-state index >= 15 is 0 Å². The van der Waals surface area contributed by atoms with Crippen LogP contribution in [0.5, 0.6) is 0 Å². The molecule has 1 saturated carbocycles. The molecule has 3 N–H and O–H groups in total. The summed E-state index contributed by atoms with van der Waals surface area (Å²) in [5.74, 6) is -1.63. The minimum Gasteiger partial charge on any atom is -0.447 e. The molecule has 2 fully saturated rings. The maximum Gasteiger partial charge on any atom is 0.286 e. The van der Waals surface area contributed by atoms with Crippen LogP contribution in [0.25, 0.3) is 11.1 Å². The number of furan rings is 1. The van der Waals surface area contributed by atoms with E-state index in [9.17, 15) is 19.5 Å². The highest BCUT2D eigenvalue weighted by molar-refractivity contribution is 6.30. The topological polar surface area (TPSA) is 152 Å². The number of morpholine rings is 1. The highest BCUT2D eigenvalue weighted by Gasteiger charge is 2.38. The predicted molar refractivity (Wildman–Crippen MR) is 133 cm³/mol. The number of pyridine rings is 2. The number of aromatic nitrogens is 2. The number of nitrogens with zero attached hydrogens (tertiary/aromatic N) is 4. The van der Waals surface area contributed by atoms with Gasteiger partial charge in [-0.3, -0.25) is 19.3 Å². The number of amides is 3. The van der Waals surface area contributed by atoms with E-state index in [1.807, 2.05) is 4.90 Å². The Bertz CT molecular complexity index is 1340. The Morgan fingerprint density at radius 1 is 1.19 bits per heavy atom. The molecular weight excluding hydrogens is 502 g/mol. The van der Waals surface area contributed by atoms with Crippen molar-refractivity contribution in [1.29, 1.82) is 0 Å². The molecule has 37 heavy (non-hydrogen) atoms. The fourth-order valence-corrected chi connectivity index (χ4v) is 5.15. The van der Waals surface area contributed by atoms with Gasteiger partial charge in [-0.2, -0.15) is 0 Å². The summed E-state index contributed by atoms with van der Waals surface area (Å²) in [7, 11) is 0. The van der Waals surface area contributed by atoms with Gasteiger partial charge in [0.05, 0.1) is 23.9 Å². The maximum atomic E-state index is 14.1. The molecule has 1 saturated heterocycles. The zero-order valence-corrected chi connectivity index (χ0v) is 20.7. The Balaban J connectivity index is 1.52. The van der Waals surface area contributed by atoms with E-state index < -0.39 is 11.8 Å². The molecule has 194 valence electrons. The number of carbonyl (C=O) groups is 3. The molecule has 5 rings (SSSR count). The van der Waals surface area contributed by atoms with Gasteiger partial charge in [0.2, 0.25) is 17.6 Å². The number of rotatable bonds is 6. The van der Waals surface area contributed by atoms with Crippen molar-refractivity contribution in [2.45, 2.75) is 38.3 Å². The third-order valence-electron chi connectivity index (χ3n) is 6.85. The highest BCUT2D eigenvalue weighted by atomic mass is 35.5. The molecule has 1 aliphatic heterocycles. The fraction of sp³-hybridized carbons (Fsp3) is 0.400. The van der Waals surface area contributed by atoms with Crippen LogP contribution in [0.2, 0.25) is 5.02 Å². The van der Waals surface area contributed by atoms with Gasteiger partial charge < -0.3 is 24.9 Å². The molecule has 4 heterocycles. The molecule has 11 nitrogen and oxygen atoms in total. The minimum atomic E-state index is -0.875. The quantitative estimate of drug-likeness (QED) is 0.496. The molecule has 2 aliphatic rings. The lowest BCUT2D eigenvalue weighted by atomic mass is 9.84. The van der Waals surface area contributed by atoms with Gasteiger partial charge in [0.25, 0.3) is 5.91 Å². The second-order valence-corrected chi connectivity index (χ2v) is 9.54. The van der Waals surface area contributed by atoms with Crippen molar-refractivity contribution in [3.8, 4) is 0 Å². The Labute approximate surface area is 217 Å². The molecular formula is C25H26ClN5O6. The fourth-order valence-electron chi connectivity index (χ4n) is 5.04. The largest absolute Gasteiger partial charge is 0.447 e. The van der Waals surface area contributed by atoms with Gasteiger partial charge >= 0.3 is 0 Å². The first kappa shape index (κ1) is 25.1. The van der Waals surface area contributed by atoms with Gasteiger partial charge in [-0.05, 0) is 49.9 Å². The number of nitrogens with two attached hydrogens (primary N) is 1. The van der Waals surface area contributed by atoms with Gasteiger partial charge in [-0.15, -0.1) is 0 Å².